The minimum atomic E-state index is -1.32. The van der Waals surface area contributed by atoms with Gasteiger partial charge in [0.15, 0.2) is 10.8 Å². The van der Waals surface area contributed by atoms with Crippen molar-refractivity contribution in [1.82, 2.24) is 19.5 Å². The van der Waals surface area contributed by atoms with Gasteiger partial charge in [0.1, 0.15) is 17.3 Å². The Morgan fingerprint density at radius 3 is 2.73 bits per heavy atom. The predicted octanol–water partition coefficient (Wildman–Crippen LogP) is 3.10. The maximum atomic E-state index is 14.2. The molecule has 0 saturated carbocycles. The van der Waals surface area contributed by atoms with Crippen molar-refractivity contribution in [2.45, 2.75) is 45.0 Å². The summed E-state index contributed by atoms with van der Waals surface area (Å²) in [6.07, 6.45) is -0.953. The van der Waals surface area contributed by atoms with Crippen molar-refractivity contribution in [3.05, 3.63) is 28.7 Å². The first-order chi connectivity index (χ1) is 12.1. The molecule has 0 aromatic carbocycles. The van der Waals surface area contributed by atoms with Gasteiger partial charge in [-0.2, -0.15) is 5.10 Å². The topological polar surface area (TPSA) is 97.0 Å². The van der Waals surface area contributed by atoms with Crippen molar-refractivity contribution in [1.29, 1.82) is 0 Å². The van der Waals surface area contributed by atoms with Crippen LogP contribution in [0, 0.1) is 0 Å². The number of carbonyl (C=O) groups is 2. The van der Waals surface area contributed by atoms with Gasteiger partial charge < -0.3 is 9.84 Å². The number of halogens is 2. The zero-order chi connectivity index (χ0) is 19.2. The molecule has 0 bridgehead atoms. The van der Waals surface area contributed by atoms with Crippen LogP contribution in [0.5, 0.6) is 0 Å². The summed E-state index contributed by atoms with van der Waals surface area (Å²) < 4.78 is 20.8. The van der Waals surface area contributed by atoms with E-state index in [-0.39, 0.29) is 29.4 Å². The Hall–Kier alpha value is -2.42. The fourth-order valence-corrected chi connectivity index (χ4v) is 3.15. The number of carboxylic acids is 1. The van der Waals surface area contributed by atoms with Crippen LogP contribution in [0.25, 0.3) is 5.65 Å². The lowest BCUT2D eigenvalue weighted by Crippen LogP contribution is -2.38. The number of ether oxygens (including phenoxy) is 1. The molecule has 8 nitrogen and oxygen atoms in total. The minimum absolute atomic E-state index is 0.0733. The first-order valence-corrected chi connectivity index (χ1v) is 8.36. The fourth-order valence-electron chi connectivity index (χ4n) is 2.98. The van der Waals surface area contributed by atoms with Crippen LogP contribution in [0.15, 0.2) is 12.3 Å². The van der Waals surface area contributed by atoms with E-state index >= 15 is 0 Å². The standard InChI is InChI=1S/C16H18ClFN4O4/c1-16(2,3)26-15(25)21-7-8(18)4-10(21)13-9(14(23)24)6-19-12-5-11(17)20-22(12)13/h5-6,8,10H,4,7H2,1-3H3,(H,23,24)/t8-,10+/m1/s1. The predicted molar refractivity (Wildman–Crippen MR) is 90.2 cm³/mol. The van der Waals surface area contributed by atoms with Gasteiger partial charge in [-0.1, -0.05) is 11.6 Å². The zero-order valence-corrected chi connectivity index (χ0v) is 15.2. The summed E-state index contributed by atoms with van der Waals surface area (Å²) in [6, 6.07) is 0.587. The Labute approximate surface area is 153 Å². The van der Waals surface area contributed by atoms with Crippen LogP contribution in [0.1, 0.15) is 49.3 Å². The average Bonchev–Trinajstić information content (AvgIpc) is 3.05. The summed E-state index contributed by atoms with van der Waals surface area (Å²) in [5, 5.41) is 13.7. The largest absolute Gasteiger partial charge is 0.478 e. The molecule has 10 heteroatoms. The van der Waals surface area contributed by atoms with Crippen molar-refractivity contribution in [3.8, 4) is 0 Å². The molecule has 3 heterocycles. The van der Waals surface area contributed by atoms with Crippen molar-refractivity contribution in [2.75, 3.05) is 6.54 Å². The molecule has 2 atom stereocenters. The molecular weight excluding hydrogens is 367 g/mol. The number of hydrogen-bond donors (Lipinski definition) is 1. The van der Waals surface area contributed by atoms with Gasteiger partial charge in [0.2, 0.25) is 0 Å². The van der Waals surface area contributed by atoms with Crippen molar-refractivity contribution in [3.63, 3.8) is 0 Å². The first kappa shape index (κ1) is 18.4. The number of rotatable bonds is 2. The quantitative estimate of drug-likeness (QED) is 0.854. The van der Waals surface area contributed by atoms with E-state index in [4.69, 9.17) is 16.3 Å². The Morgan fingerprint density at radius 2 is 2.12 bits per heavy atom. The van der Waals surface area contributed by atoms with Crippen LogP contribution in [0.3, 0.4) is 0 Å². The second kappa shape index (κ2) is 6.39. The molecular formula is C16H18ClFN4O4. The van der Waals surface area contributed by atoms with Crippen LogP contribution in [-0.2, 0) is 4.74 Å². The molecule has 0 unspecified atom stereocenters. The average molecular weight is 385 g/mol. The number of aromatic carboxylic acids is 1. The number of likely N-dealkylation sites (tertiary alicyclic amines) is 1. The summed E-state index contributed by atoms with van der Waals surface area (Å²) >= 11 is 5.91. The number of fused-ring (bicyclic) bond motifs is 1. The van der Waals surface area contributed by atoms with E-state index < -0.39 is 29.9 Å². The molecule has 140 valence electrons. The van der Waals surface area contributed by atoms with E-state index in [2.05, 4.69) is 10.1 Å². The van der Waals surface area contributed by atoms with Crippen LogP contribution in [0.2, 0.25) is 5.15 Å². The molecule has 1 saturated heterocycles. The summed E-state index contributed by atoms with van der Waals surface area (Å²) in [6.45, 7) is 4.90. The highest BCUT2D eigenvalue weighted by Crippen LogP contribution is 2.36. The lowest BCUT2D eigenvalue weighted by molar-refractivity contribution is 0.0209. The van der Waals surface area contributed by atoms with Gasteiger partial charge in [-0.15, -0.1) is 0 Å². The van der Waals surface area contributed by atoms with E-state index in [0.29, 0.717) is 5.65 Å². The Bertz CT molecular complexity index is 879. The second-order valence-electron chi connectivity index (χ2n) is 7.08. The lowest BCUT2D eigenvalue weighted by atomic mass is 10.1. The molecule has 0 spiro atoms. The Balaban J connectivity index is 2.12. The highest BCUT2D eigenvalue weighted by atomic mass is 35.5. The van der Waals surface area contributed by atoms with Crippen LogP contribution in [-0.4, -0.2) is 55.0 Å². The maximum absolute atomic E-state index is 14.2. The van der Waals surface area contributed by atoms with Gasteiger partial charge in [0, 0.05) is 18.7 Å². The molecule has 0 radical (unpaired) electrons. The maximum Gasteiger partial charge on any atom is 0.410 e. The molecule has 1 aliphatic rings. The number of nitrogens with zero attached hydrogens (tertiary/aromatic N) is 4. The minimum Gasteiger partial charge on any atom is -0.478 e. The number of aromatic nitrogens is 3. The first-order valence-electron chi connectivity index (χ1n) is 7.98. The third-order valence-electron chi connectivity index (χ3n) is 3.91. The van der Waals surface area contributed by atoms with E-state index in [1.165, 1.54) is 15.5 Å². The monoisotopic (exact) mass is 384 g/mol. The molecule has 1 aliphatic heterocycles. The van der Waals surface area contributed by atoms with E-state index in [0.717, 1.165) is 6.20 Å². The molecule has 1 amide bonds. The number of carbonyl (C=O) groups excluding carboxylic acids is 1. The normalized spacial score (nSPS) is 20.6. The highest BCUT2D eigenvalue weighted by Gasteiger charge is 2.41. The molecule has 26 heavy (non-hydrogen) atoms. The van der Waals surface area contributed by atoms with Crippen LogP contribution in [0.4, 0.5) is 9.18 Å². The molecule has 0 aliphatic carbocycles. The Morgan fingerprint density at radius 1 is 1.42 bits per heavy atom. The summed E-state index contributed by atoms with van der Waals surface area (Å²) in [5.41, 5.74) is -0.499. The molecule has 2 aromatic rings. The van der Waals surface area contributed by atoms with Crippen LogP contribution >= 0.6 is 11.6 Å². The smallest absolute Gasteiger partial charge is 0.410 e. The molecule has 1 N–H and O–H groups in total. The second-order valence-corrected chi connectivity index (χ2v) is 7.47. The summed E-state index contributed by atoms with van der Waals surface area (Å²) in [5.74, 6) is -1.26. The lowest BCUT2D eigenvalue weighted by Gasteiger charge is -2.29. The van der Waals surface area contributed by atoms with Gasteiger partial charge >= 0.3 is 12.1 Å². The summed E-state index contributed by atoms with van der Waals surface area (Å²) in [4.78, 5) is 29.4. The third-order valence-corrected chi connectivity index (χ3v) is 4.10. The van der Waals surface area contributed by atoms with Gasteiger partial charge in [-0.05, 0) is 20.8 Å². The number of hydrogen-bond acceptors (Lipinski definition) is 5. The molecule has 3 rings (SSSR count). The number of alkyl halides is 1. The number of carboxylic acid groups (broad SMARTS) is 1. The third kappa shape index (κ3) is 3.44. The highest BCUT2D eigenvalue weighted by molar-refractivity contribution is 6.29. The van der Waals surface area contributed by atoms with Gasteiger partial charge in [-0.3, -0.25) is 4.90 Å². The van der Waals surface area contributed by atoms with E-state index in [1.54, 1.807) is 20.8 Å². The van der Waals surface area contributed by atoms with Gasteiger partial charge in [0.05, 0.1) is 18.3 Å². The Kier molecular flexibility index (Phi) is 4.51. The van der Waals surface area contributed by atoms with Crippen LogP contribution < -0.4 is 0 Å². The summed E-state index contributed by atoms with van der Waals surface area (Å²) in [7, 11) is 0. The molecule has 2 aromatic heterocycles. The van der Waals surface area contributed by atoms with E-state index in [1.807, 2.05) is 0 Å². The SMILES string of the molecule is CC(C)(C)OC(=O)N1C[C@H](F)C[C@H]1c1c(C(=O)O)cnc2cc(Cl)nn12. The van der Waals surface area contributed by atoms with Gasteiger partial charge in [0.25, 0.3) is 0 Å². The van der Waals surface area contributed by atoms with Gasteiger partial charge in [-0.25, -0.2) is 23.5 Å². The van der Waals surface area contributed by atoms with Crippen molar-refractivity contribution >= 4 is 29.3 Å². The molecule has 1 fully saturated rings. The fraction of sp³-hybridized carbons (Fsp3) is 0.500. The van der Waals surface area contributed by atoms with E-state index in [9.17, 15) is 19.1 Å². The zero-order valence-electron chi connectivity index (χ0n) is 14.4. The van der Waals surface area contributed by atoms with Crippen molar-refractivity contribution in [2.24, 2.45) is 0 Å². The van der Waals surface area contributed by atoms with Crippen molar-refractivity contribution < 1.29 is 23.8 Å². The number of amides is 1.